The highest BCUT2D eigenvalue weighted by Crippen LogP contribution is 2.26. The first-order chi connectivity index (χ1) is 10.8. The van der Waals surface area contributed by atoms with Crippen molar-refractivity contribution in [2.24, 2.45) is 5.92 Å². The number of urea groups is 1. The van der Waals surface area contributed by atoms with E-state index in [2.05, 4.69) is 10.3 Å². The second-order valence-corrected chi connectivity index (χ2v) is 5.45. The number of piperidine rings is 1. The number of carbonyl (C=O) groups is 1. The van der Waals surface area contributed by atoms with Crippen molar-refractivity contribution in [2.75, 3.05) is 38.7 Å². The third-order valence-electron chi connectivity index (χ3n) is 4.06. The molecule has 0 unspecified atom stereocenters. The van der Waals surface area contributed by atoms with Crippen molar-refractivity contribution in [1.82, 2.24) is 9.88 Å². The van der Waals surface area contributed by atoms with Crippen LogP contribution in [0.3, 0.4) is 0 Å². The molecule has 2 aliphatic rings. The molecule has 2 fully saturated rings. The fourth-order valence-electron chi connectivity index (χ4n) is 2.80. The summed E-state index contributed by atoms with van der Waals surface area (Å²) in [4.78, 5) is 18.1. The molecule has 22 heavy (non-hydrogen) atoms. The summed E-state index contributed by atoms with van der Waals surface area (Å²) in [5.41, 5.74) is 0.662. The van der Waals surface area contributed by atoms with Gasteiger partial charge in [0.25, 0.3) is 0 Å². The van der Waals surface area contributed by atoms with Crippen LogP contribution in [0.15, 0.2) is 18.3 Å². The Morgan fingerprint density at radius 1 is 1.32 bits per heavy atom. The van der Waals surface area contributed by atoms with E-state index in [0.717, 1.165) is 12.8 Å². The molecule has 2 aliphatic heterocycles. The van der Waals surface area contributed by atoms with Gasteiger partial charge < -0.3 is 24.4 Å². The molecule has 7 nitrogen and oxygen atoms in total. The number of pyridine rings is 1. The van der Waals surface area contributed by atoms with Crippen LogP contribution < -0.4 is 10.1 Å². The number of hydrogen-bond acceptors (Lipinski definition) is 5. The molecular weight excluding hydrogens is 286 g/mol. The third kappa shape index (κ3) is 3.48. The van der Waals surface area contributed by atoms with Gasteiger partial charge in [-0.15, -0.1) is 0 Å². The van der Waals surface area contributed by atoms with Gasteiger partial charge in [-0.3, -0.25) is 0 Å². The molecule has 1 aromatic heterocycles. The minimum Gasteiger partial charge on any atom is -0.481 e. The lowest BCUT2D eigenvalue weighted by molar-refractivity contribution is -0.0950. The van der Waals surface area contributed by atoms with E-state index in [-0.39, 0.29) is 12.3 Å². The monoisotopic (exact) mass is 307 g/mol. The summed E-state index contributed by atoms with van der Waals surface area (Å²) in [6.07, 6.45) is 3.30. The molecule has 2 saturated heterocycles. The highest BCUT2D eigenvalue weighted by atomic mass is 16.7. The molecule has 0 atom stereocenters. The predicted molar refractivity (Wildman–Crippen MR) is 79.8 cm³/mol. The first kappa shape index (κ1) is 15.1. The van der Waals surface area contributed by atoms with Crippen LogP contribution in [-0.2, 0) is 9.47 Å². The van der Waals surface area contributed by atoms with Crippen LogP contribution in [0.25, 0.3) is 0 Å². The van der Waals surface area contributed by atoms with Crippen molar-refractivity contribution in [3.8, 4) is 5.88 Å². The van der Waals surface area contributed by atoms with Gasteiger partial charge in [-0.1, -0.05) is 0 Å². The van der Waals surface area contributed by atoms with Gasteiger partial charge in [0.2, 0.25) is 5.88 Å². The summed E-state index contributed by atoms with van der Waals surface area (Å²) in [6, 6.07) is 3.39. The Morgan fingerprint density at radius 3 is 2.64 bits per heavy atom. The molecule has 3 heterocycles. The van der Waals surface area contributed by atoms with Crippen molar-refractivity contribution in [1.29, 1.82) is 0 Å². The van der Waals surface area contributed by atoms with E-state index in [1.54, 1.807) is 25.4 Å². The quantitative estimate of drug-likeness (QED) is 0.920. The number of methoxy groups -OCH3 is 1. The van der Waals surface area contributed by atoms with E-state index in [1.165, 1.54) is 0 Å². The Bertz CT molecular complexity index is 494. The second kappa shape index (κ2) is 6.93. The summed E-state index contributed by atoms with van der Waals surface area (Å²) in [5.74, 6) is 0.907. The predicted octanol–water partition coefficient (Wildman–Crippen LogP) is 1.71. The minimum atomic E-state index is -0.0984. The Kier molecular flexibility index (Phi) is 4.74. The summed E-state index contributed by atoms with van der Waals surface area (Å²) in [6.45, 7) is 2.78. The molecule has 2 amide bonds. The number of amides is 2. The van der Waals surface area contributed by atoms with E-state index in [1.807, 2.05) is 4.90 Å². The van der Waals surface area contributed by atoms with Gasteiger partial charge in [0, 0.05) is 25.1 Å². The maximum atomic E-state index is 12.2. The van der Waals surface area contributed by atoms with Crippen molar-refractivity contribution in [2.45, 2.75) is 19.1 Å². The lowest BCUT2D eigenvalue weighted by Gasteiger charge is -2.33. The van der Waals surface area contributed by atoms with Crippen LogP contribution >= 0.6 is 0 Å². The van der Waals surface area contributed by atoms with Gasteiger partial charge in [0.05, 0.1) is 32.2 Å². The Labute approximate surface area is 129 Å². The number of anilines is 1. The third-order valence-corrected chi connectivity index (χ3v) is 4.06. The van der Waals surface area contributed by atoms with Gasteiger partial charge in [-0.05, 0) is 18.9 Å². The van der Waals surface area contributed by atoms with Crippen LogP contribution in [0.2, 0.25) is 0 Å². The van der Waals surface area contributed by atoms with Gasteiger partial charge in [-0.25, -0.2) is 9.78 Å². The molecule has 120 valence electrons. The topological polar surface area (TPSA) is 72.9 Å². The van der Waals surface area contributed by atoms with E-state index >= 15 is 0 Å². The first-order valence-corrected chi connectivity index (χ1v) is 7.55. The number of aromatic nitrogens is 1. The molecule has 0 radical (unpaired) electrons. The zero-order chi connectivity index (χ0) is 15.4. The van der Waals surface area contributed by atoms with Crippen molar-refractivity contribution >= 4 is 11.7 Å². The normalized spacial score (nSPS) is 20.1. The van der Waals surface area contributed by atoms with Crippen LogP contribution in [0, 0.1) is 5.92 Å². The highest BCUT2D eigenvalue weighted by Gasteiger charge is 2.31. The van der Waals surface area contributed by atoms with Gasteiger partial charge in [0.15, 0.2) is 6.29 Å². The SMILES string of the molecule is COc1ccc(NC(=O)N2CCC(C3OCCO3)CC2)cn1. The fraction of sp³-hybridized carbons (Fsp3) is 0.600. The molecule has 0 spiro atoms. The average molecular weight is 307 g/mol. The highest BCUT2D eigenvalue weighted by molar-refractivity contribution is 5.89. The molecule has 7 heteroatoms. The van der Waals surface area contributed by atoms with Crippen molar-refractivity contribution in [3.63, 3.8) is 0 Å². The summed E-state index contributed by atoms with van der Waals surface area (Å²) in [7, 11) is 1.56. The van der Waals surface area contributed by atoms with E-state index in [4.69, 9.17) is 14.2 Å². The summed E-state index contributed by atoms with van der Waals surface area (Å²) >= 11 is 0. The summed E-state index contributed by atoms with van der Waals surface area (Å²) < 4.78 is 16.1. The molecular formula is C15H21N3O4. The van der Waals surface area contributed by atoms with E-state index in [9.17, 15) is 4.79 Å². The largest absolute Gasteiger partial charge is 0.481 e. The first-order valence-electron chi connectivity index (χ1n) is 7.55. The number of nitrogens with one attached hydrogen (secondary N) is 1. The average Bonchev–Trinajstić information content (AvgIpc) is 3.10. The minimum absolute atomic E-state index is 0.0870. The smallest absolute Gasteiger partial charge is 0.321 e. The van der Waals surface area contributed by atoms with E-state index in [0.29, 0.717) is 43.8 Å². The second-order valence-electron chi connectivity index (χ2n) is 5.45. The Hall–Kier alpha value is -1.86. The van der Waals surface area contributed by atoms with Crippen molar-refractivity contribution in [3.05, 3.63) is 18.3 Å². The number of likely N-dealkylation sites (tertiary alicyclic amines) is 1. The number of rotatable bonds is 3. The number of ether oxygens (including phenoxy) is 3. The molecule has 0 saturated carbocycles. The number of hydrogen-bond donors (Lipinski definition) is 1. The summed E-state index contributed by atoms with van der Waals surface area (Å²) in [5, 5.41) is 2.85. The Balaban J connectivity index is 1.48. The van der Waals surface area contributed by atoms with Gasteiger partial charge in [0.1, 0.15) is 0 Å². The fourth-order valence-corrected chi connectivity index (χ4v) is 2.80. The molecule has 0 aromatic carbocycles. The Morgan fingerprint density at radius 2 is 2.05 bits per heavy atom. The number of nitrogens with zero attached hydrogens (tertiary/aromatic N) is 2. The zero-order valence-corrected chi connectivity index (χ0v) is 12.7. The van der Waals surface area contributed by atoms with Gasteiger partial charge in [-0.2, -0.15) is 0 Å². The maximum absolute atomic E-state index is 12.2. The number of carbonyl (C=O) groups excluding carboxylic acids is 1. The van der Waals surface area contributed by atoms with Crippen molar-refractivity contribution < 1.29 is 19.0 Å². The lowest BCUT2D eigenvalue weighted by Crippen LogP contribution is -2.43. The van der Waals surface area contributed by atoms with Crippen LogP contribution in [0.4, 0.5) is 10.5 Å². The molecule has 3 rings (SSSR count). The van der Waals surface area contributed by atoms with Gasteiger partial charge >= 0.3 is 6.03 Å². The standard InChI is InChI=1S/C15H21N3O4/c1-20-13-3-2-12(10-16-13)17-15(19)18-6-4-11(5-7-18)14-21-8-9-22-14/h2-3,10-11,14H,4-9H2,1H3,(H,17,19). The molecule has 1 N–H and O–H groups in total. The van der Waals surface area contributed by atoms with Crippen LogP contribution in [-0.4, -0.2) is 55.6 Å². The molecule has 0 aliphatic carbocycles. The van der Waals surface area contributed by atoms with Crippen LogP contribution in [0.5, 0.6) is 5.88 Å². The lowest BCUT2D eigenvalue weighted by atomic mass is 9.96. The molecule has 1 aromatic rings. The van der Waals surface area contributed by atoms with Crippen LogP contribution in [0.1, 0.15) is 12.8 Å². The maximum Gasteiger partial charge on any atom is 0.321 e. The zero-order valence-electron chi connectivity index (χ0n) is 12.7. The molecule has 0 bridgehead atoms. The van der Waals surface area contributed by atoms with E-state index < -0.39 is 0 Å².